The van der Waals surface area contributed by atoms with E-state index in [1.54, 1.807) is 25.1 Å². The largest absolute Gasteiger partial charge is 0.507 e. The number of nitrogens with zero attached hydrogens (tertiary/aromatic N) is 4. The highest BCUT2D eigenvalue weighted by molar-refractivity contribution is 5.85. The van der Waals surface area contributed by atoms with E-state index in [9.17, 15) is 20.0 Å². The van der Waals surface area contributed by atoms with Crippen molar-refractivity contribution in [2.45, 2.75) is 26.7 Å². The lowest BCUT2D eigenvalue weighted by Gasteiger charge is -2.08. The molecule has 138 valence electrons. The summed E-state index contributed by atoms with van der Waals surface area (Å²) in [6.07, 6.45) is 2.55. The summed E-state index contributed by atoms with van der Waals surface area (Å²) in [5, 5.41) is 25.8. The van der Waals surface area contributed by atoms with Gasteiger partial charge in [-0.25, -0.2) is 4.98 Å². The zero-order valence-corrected chi connectivity index (χ0v) is 14.9. The van der Waals surface area contributed by atoms with Gasteiger partial charge in [-0.2, -0.15) is 9.78 Å². The van der Waals surface area contributed by atoms with Crippen LogP contribution in [0.4, 0.5) is 5.69 Å². The number of benzene rings is 2. The first-order valence-electron chi connectivity index (χ1n) is 8.45. The summed E-state index contributed by atoms with van der Waals surface area (Å²) in [6, 6.07) is 9.47. The fourth-order valence-electron chi connectivity index (χ4n) is 2.79. The van der Waals surface area contributed by atoms with Crippen LogP contribution in [-0.2, 0) is 6.42 Å². The van der Waals surface area contributed by atoms with Gasteiger partial charge in [-0.1, -0.05) is 19.1 Å². The number of aryl methyl sites for hydroxylation is 2. The molecule has 0 bridgehead atoms. The van der Waals surface area contributed by atoms with Gasteiger partial charge in [-0.15, -0.1) is 0 Å². The summed E-state index contributed by atoms with van der Waals surface area (Å²) in [5.74, 6) is 0.363. The minimum absolute atomic E-state index is 0.122. The van der Waals surface area contributed by atoms with Gasteiger partial charge in [-0.05, 0) is 31.0 Å². The third-order valence-corrected chi connectivity index (χ3v) is 4.13. The summed E-state index contributed by atoms with van der Waals surface area (Å²) in [6.45, 7) is 3.52. The van der Waals surface area contributed by atoms with Crippen molar-refractivity contribution in [1.29, 1.82) is 0 Å². The molecule has 0 fully saturated rings. The van der Waals surface area contributed by atoms with Crippen LogP contribution in [0.3, 0.4) is 0 Å². The topological polar surface area (TPSA) is 111 Å². The van der Waals surface area contributed by atoms with Crippen LogP contribution in [0, 0.1) is 17.0 Å². The fraction of sp³-hybridized carbons (Fsp3) is 0.211. The third kappa shape index (κ3) is 3.55. The molecule has 8 heteroatoms. The van der Waals surface area contributed by atoms with Crippen LogP contribution >= 0.6 is 0 Å². The Morgan fingerprint density at radius 2 is 2.07 bits per heavy atom. The molecule has 1 N–H and O–H groups in total. The molecule has 0 aliphatic carbocycles. The fourth-order valence-corrected chi connectivity index (χ4v) is 2.79. The Hall–Kier alpha value is -3.55. The van der Waals surface area contributed by atoms with Gasteiger partial charge in [0.1, 0.15) is 11.6 Å². The van der Waals surface area contributed by atoms with Gasteiger partial charge in [0, 0.05) is 24.1 Å². The van der Waals surface area contributed by atoms with Crippen LogP contribution in [0.5, 0.6) is 5.75 Å². The van der Waals surface area contributed by atoms with E-state index in [0.717, 1.165) is 6.42 Å². The second-order valence-electron chi connectivity index (χ2n) is 6.11. The SMILES string of the molecule is CCCc1nc2ccccc2c(=O)n1/N=C\c1cc([N+](=O)[O-])cc(C)c1O. The first-order valence-corrected chi connectivity index (χ1v) is 8.45. The number of fused-ring (bicyclic) bond motifs is 1. The summed E-state index contributed by atoms with van der Waals surface area (Å²) >= 11 is 0. The van der Waals surface area contributed by atoms with E-state index in [2.05, 4.69) is 10.1 Å². The smallest absolute Gasteiger partial charge is 0.282 e. The molecule has 0 saturated heterocycles. The highest BCUT2D eigenvalue weighted by Crippen LogP contribution is 2.26. The van der Waals surface area contributed by atoms with Crippen molar-refractivity contribution < 1.29 is 10.0 Å². The molecular formula is C19H18N4O4. The van der Waals surface area contributed by atoms with Crippen molar-refractivity contribution in [2.75, 3.05) is 0 Å². The first-order chi connectivity index (χ1) is 12.9. The second-order valence-corrected chi connectivity index (χ2v) is 6.11. The number of para-hydroxylation sites is 1. The molecule has 0 spiro atoms. The summed E-state index contributed by atoms with van der Waals surface area (Å²) < 4.78 is 1.18. The van der Waals surface area contributed by atoms with E-state index in [-0.39, 0.29) is 22.6 Å². The quantitative estimate of drug-likeness (QED) is 0.424. The maximum absolute atomic E-state index is 12.8. The van der Waals surface area contributed by atoms with E-state index in [1.807, 2.05) is 13.0 Å². The van der Waals surface area contributed by atoms with Gasteiger partial charge < -0.3 is 5.11 Å². The molecule has 0 saturated carbocycles. The van der Waals surface area contributed by atoms with E-state index < -0.39 is 4.92 Å². The molecule has 3 rings (SSSR count). The summed E-state index contributed by atoms with van der Waals surface area (Å²) in [5.41, 5.74) is 0.602. The molecule has 0 aliphatic rings. The van der Waals surface area contributed by atoms with Crippen LogP contribution in [0.25, 0.3) is 10.9 Å². The maximum Gasteiger partial charge on any atom is 0.282 e. The number of aromatic hydroxyl groups is 1. The van der Waals surface area contributed by atoms with E-state index in [0.29, 0.717) is 28.7 Å². The monoisotopic (exact) mass is 366 g/mol. The standard InChI is InChI=1S/C19H18N4O4/c1-3-6-17-21-16-8-5-4-7-15(16)19(25)22(17)20-11-13-10-14(23(26)27)9-12(2)18(13)24/h4-5,7-11,24H,3,6H2,1-2H3/b20-11-. The van der Waals surface area contributed by atoms with Gasteiger partial charge >= 0.3 is 0 Å². The molecule has 0 unspecified atom stereocenters. The van der Waals surface area contributed by atoms with Crippen molar-refractivity contribution in [2.24, 2.45) is 5.10 Å². The lowest BCUT2D eigenvalue weighted by atomic mass is 10.1. The number of aromatic nitrogens is 2. The molecule has 0 aliphatic heterocycles. The Kier molecular flexibility index (Phi) is 4.98. The molecule has 0 radical (unpaired) electrons. The van der Waals surface area contributed by atoms with Crippen molar-refractivity contribution >= 4 is 22.8 Å². The number of non-ortho nitro benzene ring substituents is 1. The average Bonchev–Trinajstić information content (AvgIpc) is 2.64. The third-order valence-electron chi connectivity index (χ3n) is 4.13. The molecule has 1 aromatic heterocycles. The lowest BCUT2D eigenvalue weighted by molar-refractivity contribution is -0.384. The van der Waals surface area contributed by atoms with Gasteiger partial charge in [0.25, 0.3) is 11.2 Å². The van der Waals surface area contributed by atoms with Gasteiger partial charge in [-0.3, -0.25) is 14.9 Å². The van der Waals surface area contributed by atoms with Gasteiger partial charge in [0.15, 0.2) is 0 Å². The molecule has 0 amide bonds. The Morgan fingerprint density at radius 1 is 1.33 bits per heavy atom. The summed E-state index contributed by atoms with van der Waals surface area (Å²) in [4.78, 5) is 27.8. The predicted molar refractivity (Wildman–Crippen MR) is 102 cm³/mol. The predicted octanol–water partition coefficient (Wildman–Crippen LogP) is 3.15. The highest BCUT2D eigenvalue weighted by atomic mass is 16.6. The molecule has 2 aromatic carbocycles. The zero-order valence-electron chi connectivity index (χ0n) is 14.9. The Morgan fingerprint density at radius 3 is 2.78 bits per heavy atom. The molecule has 8 nitrogen and oxygen atoms in total. The number of nitro groups is 1. The van der Waals surface area contributed by atoms with Crippen molar-refractivity contribution in [3.63, 3.8) is 0 Å². The van der Waals surface area contributed by atoms with Crippen molar-refractivity contribution in [1.82, 2.24) is 9.66 Å². The second kappa shape index (κ2) is 7.36. The molecule has 0 atom stereocenters. The maximum atomic E-state index is 12.8. The number of hydrogen-bond acceptors (Lipinski definition) is 6. The minimum atomic E-state index is -0.546. The van der Waals surface area contributed by atoms with Crippen LogP contribution in [0.2, 0.25) is 0 Å². The highest BCUT2D eigenvalue weighted by Gasteiger charge is 2.14. The van der Waals surface area contributed by atoms with Crippen LogP contribution in [0.15, 0.2) is 46.3 Å². The lowest BCUT2D eigenvalue weighted by Crippen LogP contribution is -2.22. The molecule has 3 aromatic rings. The molecule has 1 heterocycles. The average molecular weight is 366 g/mol. The molecule has 27 heavy (non-hydrogen) atoms. The Bertz CT molecular complexity index is 1120. The van der Waals surface area contributed by atoms with Crippen LogP contribution in [0.1, 0.15) is 30.3 Å². The summed E-state index contributed by atoms with van der Waals surface area (Å²) in [7, 11) is 0. The van der Waals surface area contributed by atoms with Crippen molar-refractivity contribution in [3.8, 4) is 5.75 Å². The van der Waals surface area contributed by atoms with Crippen LogP contribution in [-0.4, -0.2) is 25.9 Å². The number of hydrogen-bond donors (Lipinski definition) is 1. The Labute approximate surface area is 154 Å². The zero-order chi connectivity index (χ0) is 19.6. The van der Waals surface area contributed by atoms with Crippen molar-refractivity contribution in [3.05, 3.63) is 73.8 Å². The minimum Gasteiger partial charge on any atom is -0.507 e. The van der Waals surface area contributed by atoms with E-state index in [4.69, 9.17) is 0 Å². The Balaban J connectivity index is 2.16. The van der Waals surface area contributed by atoms with E-state index in [1.165, 1.54) is 23.0 Å². The van der Waals surface area contributed by atoms with Gasteiger partial charge in [0.2, 0.25) is 0 Å². The van der Waals surface area contributed by atoms with Gasteiger partial charge in [0.05, 0.1) is 22.0 Å². The number of phenolic OH excluding ortho intramolecular Hbond substituents is 1. The van der Waals surface area contributed by atoms with Crippen LogP contribution < -0.4 is 5.56 Å². The first kappa shape index (κ1) is 18.2. The number of nitro benzene ring substituents is 1. The number of phenols is 1. The van der Waals surface area contributed by atoms with E-state index >= 15 is 0 Å². The number of rotatable bonds is 5. The molecular weight excluding hydrogens is 348 g/mol. The normalized spacial score (nSPS) is 11.3.